The largest absolute Gasteiger partial charge is 0.478 e. The van der Waals surface area contributed by atoms with Crippen LogP contribution in [-0.2, 0) is 10.8 Å². The summed E-state index contributed by atoms with van der Waals surface area (Å²) in [5.41, 5.74) is 6.47. The maximum Gasteiger partial charge on any atom is 0.335 e. The third-order valence-electron chi connectivity index (χ3n) is 6.66. The summed E-state index contributed by atoms with van der Waals surface area (Å²) in [6.45, 7) is 13.7. The van der Waals surface area contributed by atoms with Crippen LogP contribution >= 0.6 is 0 Å². The first kappa shape index (κ1) is 19.4. The van der Waals surface area contributed by atoms with Gasteiger partial charge in [0.2, 0.25) is 0 Å². The summed E-state index contributed by atoms with van der Waals surface area (Å²) in [7, 11) is 0. The summed E-state index contributed by atoms with van der Waals surface area (Å²) in [6.07, 6.45) is 2.37. The third kappa shape index (κ3) is 3.27. The van der Waals surface area contributed by atoms with E-state index in [4.69, 9.17) is 5.11 Å². The van der Waals surface area contributed by atoms with Gasteiger partial charge in [-0.3, -0.25) is 0 Å². The number of hydrogen-bond donors (Lipinski definition) is 1. The Morgan fingerprint density at radius 2 is 1.41 bits per heavy atom. The van der Waals surface area contributed by atoms with Gasteiger partial charge in [-0.2, -0.15) is 0 Å². The van der Waals surface area contributed by atoms with Gasteiger partial charge in [0.15, 0.2) is 0 Å². The molecule has 2 heteroatoms. The van der Waals surface area contributed by atoms with Crippen molar-refractivity contribution < 1.29 is 9.90 Å². The molecule has 0 unspecified atom stereocenters. The molecule has 0 saturated carbocycles. The molecule has 0 spiro atoms. The Balaban J connectivity index is 1.88. The van der Waals surface area contributed by atoms with Crippen LogP contribution in [0.15, 0.2) is 61.2 Å². The van der Waals surface area contributed by atoms with E-state index < -0.39 is 5.97 Å². The van der Waals surface area contributed by atoms with E-state index in [1.807, 2.05) is 12.1 Å². The number of benzene rings is 3. The summed E-state index contributed by atoms with van der Waals surface area (Å²) < 4.78 is 0. The Bertz CT molecular complexity index is 1130. The molecule has 4 rings (SSSR count). The lowest BCUT2D eigenvalue weighted by molar-refractivity contribution is 0.0697. The molecule has 0 aromatic heterocycles. The quantitative estimate of drug-likeness (QED) is 0.530. The second-order valence-corrected chi connectivity index (χ2v) is 9.55. The number of carbonyl (C=O) groups is 1. The topological polar surface area (TPSA) is 37.3 Å². The van der Waals surface area contributed by atoms with Gasteiger partial charge in [0.05, 0.1) is 5.56 Å². The smallest absolute Gasteiger partial charge is 0.335 e. The molecule has 1 aliphatic rings. The number of carboxylic acids is 1. The van der Waals surface area contributed by atoms with E-state index in [1.165, 1.54) is 34.7 Å². The van der Waals surface area contributed by atoms with Gasteiger partial charge in [-0.25, -0.2) is 4.79 Å². The Morgan fingerprint density at radius 3 is 2.00 bits per heavy atom. The molecule has 2 nitrogen and oxygen atoms in total. The maximum atomic E-state index is 11.2. The molecule has 1 aliphatic carbocycles. The highest BCUT2D eigenvalue weighted by Gasteiger charge is 2.37. The van der Waals surface area contributed by atoms with Crippen molar-refractivity contribution >= 4 is 22.3 Å². The van der Waals surface area contributed by atoms with Crippen molar-refractivity contribution in [2.45, 2.75) is 51.4 Å². The Hall–Kier alpha value is -2.87. The van der Waals surface area contributed by atoms with E-state index in [0.717, 1.165) is 16.7 Å². The van der Waals surface area contributed by atoms with Crippen molar-refractivity contribution in [1.82, 2.24) is 0 Å². The zero-order chi connectivity index (χ0) is 21.0. The van der Waals surface area contributed by atoms with E-state index >= 15 is 0 Å². The minimum atomic E-state index is -0.913. The van der Waals surface area contributed by atoms with Gasteiger partial charge < -0.3 is 5.11 Å². The molecule has 29 heavy (non-hydrogen) atoms. The maximum absolute atomic E-state index is 11.2. The van der Waals surface area contributed by atoms with Crippen LogP contribution in [0.5, 0.6) is 0 Å². The minimum Gasteiger partial charge on any atom is -0.478 e. The number of fused-ring (bicyclic) bond motifs is 2. The molecule has 0 fully saturated rings. The fourth-order valence-electron chi connectivity index (χ4n) is 4.57. The van der Waals surface area contributed by atoms with Crippen LogP contribution in [0.3, 0.4) is 0 Å². The zero-order valence-corrected chi connectivity index (χ0v) is 17.7. The molecular weight excluding hydrogens is 356 g/mol. The molecule has 0 aliphatic heterocycles. The zero-order valence-electron chi connectivity index (χ0n) is 17.7. The molecule has 0 radical (unpaired) electrons. The van der Waals surface area contributed by atoms with E-state index in [0.29, 0.717) is 0 Å². The Kier molecular flexibility index (Phi) is 4.42. The highest BCUT2D eigenvalue weighted by atomic mass is 16.4. The number of carboxylic acid groups (broad SMARTS) is 1. The Labute approximate surface area is 172 Å². The highest BCUT2D eigenvalue weighted by Crippen LogP contribution is 2.47. The molecule has 0 amide bonds. The van der Waals surface area contributed by atoms with Crippen LogP contribution < -0.4 is 0 Å². The highest BCUT2D eigenvalue weighted by molar-refractivity contribution is 5.98. The fraction of sp³-hybridized carbons (Fsp3) is 0.296. The van der Waals surface area contributed by atoms with Crippen LogP contribution in [0.2, 0.25) is 0 Å². The minimum absolute atomic E-state index is 0.149. The van der Waals surface area contributed by atoms with E-state index in [2.05, 4.69) is 64.6 Å². The van der Waals surface area contributed by atoms with Crippen LogP contribution in [-0.4, -0.2) is 11.1 Å². The number of aromatic carboxylic acids is 1. The second-order valence-electron chi connectivity index (χ2n) is 9.55. The SMILES string of the molecule is C=C(c1ccc(C(=O)O)cc1)c1cccc2cc3c(cc12)C(C)(C)CCC3(C)C. The molecule has 0 atom stereocenters. The monoisotopic (exact) mass is 384 g/mol. The fourth-order valence-corrected chi connectivity index (χ4v) is 4.57. The predicted molar refractivity (Wildman–Crippen MR) is 121 cm³/mol. The van der Waals surface area contributed by atoms with Gasteiger partial charge >= 0.3 is 5.97 Å². The van der Waals surface area contributed by atoms with Crippen molar-refractivity contribution in [2.75, 3.05) is 0 Å². The first-order valence-corrected chi connectivity index (χ1v) is 10.2. The third-order valence-corrected chi connectivity index (χ3v) is 6.66. The molecule has 3 aromatic rings. The summed E-state index contributed by atoms with van der Waals surface area (Å²) >= 11 is 0. The van der Waals surface area contributed by atoms with Crippen molar-refractivity contribution in [3.05, 3.63) is 89.0 Å². The molecule has 0 saturated heterocycles. The van der Waals surface area contributed by atoms with Gasteiger partial charge in [0.25, 0.3) is 0 Å². The molecular formula is C27H28O2. The summed E-state index contributed by atoms with van der Waals surface area (Å²) in [6, 6.07) is 18.1. The lowest BCUT2D eigenvalue weighted by Gasteiger charge is -2.42. The van der Waals surface area contributed by atoms with Gasteiger partial charge in [0.1, 0.15) is 0 Å². The lowest BCUT2D eigenvalue weighted by atomic mass is 9.62. The first-order chi connectivity index (χ1) is 13.6. The van der Waals surface area contributed by atoms with Crippen molar-refractivity contribution in [3.8, 4) is 0 Å². The van der Waals surface area contributed by atoms with E-state index in [1.54, 1.807) is 12.1 Å². The molecule has 0 bridgehead atoms. The number of rotatable bonds is 3. The van der Waals surface area contributed by atoms with Crippen molar-refractivity contribution in [2.24, 2.45) is 0 Å². The lowest BCUT2D eigenvalue weighted by Crippen LogP contribution is -2.33. The van der Waals surface area contributed by atoms with E-state index in [-0.39, 0.29) is 16.4 Å². The molecule has 3 aromatic carbocycles. The van der Waals surface area contributed by atoms with Crippen LogP contribution in [0.25, 0.3) is 16.3 Å². The summed E-state index contributed by atoms with van der Waals surface area (Å²) in [5.74, 6) is -0.913. The summed E-state index contributed by atoms with van der Waals surface area (Å²) in [5, 5.41) is 11.6. The van der Waals surface area contributed by atoms with Crippen LogP contribution in [0, 0.1) is 0 Å². The van der Waals surface area contributed by atoms with Crippen LogP contribution in [0.1, 0.15) is 73.1 Å². The predicted octanol–water partition coefficient (Wildman–Crippen LogP) is 6.95. The standard InChI is InChI=1S/C27H28O2/c1-17(18-9-11-19(12-10-18)25(28)29)21-8-6-7-20-15-23-24(16-22(20)21)27(4,5)14-13-26(23,2)3/h6-12,15-16H,1,13-14H2,2-5H3,(H,28,29). The van der Waals surface area contributed by atoms with Gasteiger partial charge in [-0.15, -0.1) is 0 Å². The molecule has 1 N–H and O–H groups in total. The first-order valence-electron chi connectivity index (χ1n) is 10.2. The average Bonchev–Trinajstić information content (AvgIpc) is 2.69. The van der Waals surface area contributed by atoms with Gasteiger partial charge in [-0.1, -0.05) is 70.7 Å². The second kappa shape index (κ2) is 6.59. The molecule has 0 heterocycles. The average molecular weight is 385 g/mol. The van der Waals surface area contributed by atoms with Crippen LogP contribution in [0.4, 0.5) is 0 Å². The Morgan fingerprint density at radius 1 is 0.862 bits per heavy atom. The summed E-state index contributed by atoms with van der Waals surface area (Å²) in [4.78, 5) is 11.2. The molecule has 148 valence electrons. The van der Waals surface area contributed by atoms with Gasteiger partial charge in [0, 0.05) is 0 Å². The van der Waals surface area contributed by atoms with Crippen molar-refractivity contribution in [1.29, 1.82) is 0 Å². The van der Waals surface area contributed by atoms with Crippen molar-refractivity contribution in [3.63, 3.8) is 0 Å². The van der Waals surface area contributed by atoms with Gasteiger partial charge in [-0.05, 0) is 80.5 Å². The number of hydrogen-bond acceptors (Lipinski definition) is 1. The normalized spacial score (nSPS) is 17.0. The van der Waals surface area contributed by atoms with E-state index in [9.17, 15) is 4.79 Å².